The van der Waals surface area contributed by atoms with E-state index in [-0.39, 0.29) is 17.9 Å². The van der Waals surface area contributed by atoms with Gasteiger partial charge < -0.3 is 24.1 Å². The summed E-state index contributed by atoms with van der Waals surface area (Å²) in [4.78, 5) is 29.7. The minimum absolute atomic E-state index is 0.0433. The average molecular weight is 461 g/mol. The third-order valence-corrected chi connectivity index (χ3v) is 5.75. The minimum Gasteiger partial charge on any atom is -0.507 e. The van der Waals surface area contributed by atoms with Crippen molar-refractivity contribution < 1.29 is 23.8 Å². The molecule has 0 bridgehead atoms. The molecular formula is C27H28N2O5. The first-order chi connectivity index (χ1) is 16.4. The lowest BCUT2D eigenvalue weighted by Crippen LogP contribution is -2.29. The van der Waals surface area contributed by atoms with Crippen LogP contribution in [0.3, 0.4) is 0 Å². The van der Waals surface area contributed by atoms with E-state index in [4.69, 9.17) is 9.15 Å². The largest absolute Gasteiger partial charge is 0.507 e. The normalized spacial score (nSPS) is 17.3. The van der Waals surface area contributed by atoms with Crippen molar-refractivity contribution in [1.82, 2.24) is 4.90 Å². The summed E-state index contributed by atoms with van der Waals surface area (Å²) in [5.41, 5.74) is 2.16. The molecule has 2 aromatic carbocycles. The van der Waals surface area contributed by atoms with Gasteiger partial charge >= 0.3 is 0 Å². The Balaban J connectivity index is 1.81. The Kier molecular flexibility index (Phi) is 6.72. The summed E-state index contributed by atoms with van der Waals surface area (Å²) in [6, 6.07) is 17.2. The fourth-order valence-corrected chi connectivity index (χ4v) is 4.02. The predicted molar refractivity (Wildman–Crippen MR) is 130 cm³/mol. The number of hydrogen-bond donors (Lipinski definition) is 1. The van der Waals surface area contributed by atoms with Gasteiger partial charge in [0.2, 0.25) is 0 Å². The number of ketones is 1. The topological polar surface area (TPSA) is 83.2 Å². The molecule has 1 atom stereocenters. The lowest BCUT2D eigenvalue weighted by Gasteiger charge is -2.25. The summed E-state index contributed by atoms with van der Waals surface area (Å²) in [6.45, 7) is 2.65. The number of Topliss-reactive ketones (excluding diaryl/α,β-unsaturated/α-hetero) is 1. The van der Waals surface area contributed by atoms with Gasteiger partial charge in [-0.3, -0.25) is 9.59 Å². The van der Waals surface area contributed by atoms with Crippen LogP contribution >= 0.6 is 0 Å². The molecule has 0 radical (unpaired) electrons. The summed E-state index contributed by atoms with van der Waals surface area (Å²) in [5, 5.41) is 11.3. The maximum absolute atomic E-state index is 13.2. The summed E-state index contributed by atoms with van der Waals surface area (Å²) in [6.07, 6.45) is 2.37. The predicted octanol–water partition coefficient (Wildman–Crippen LogP) is 4.76. The smallest absolute Gasteiger partial charge is 0.296 e. The van der Waals surface area contributed by atoms with Crippen LogP contribution in [0, 0.1) is 0 Å². The van der Waals surface area contributed by atoms with E-state index in [1.807, 2.05) is 50.2 Å². The van der Waals surface area contributed by atoms with E-state index in [0.29, 0.717) is 23.7 Å². The van der Waals surface area contributed by atoms with Gasteiger partial charge in [-0.1, -0.05) is 31.2 Å². The Hall–Kier alpha value is -4.00. The van der Waals surface area contributed by atoms with Crippen LogP contribution < -0.4 is 9.64 Å². The highest BCUT2D eigenvalue weighted by atomic mass is 16.5. The highest BCUT2D eigenvalue weighted by Crippen LogP contribution is 2.41. The molecule has 4 rings (SSSR count). The third-order valence-electron chi connectivity index (χ3n) is 5.75. The van der Waals surface area contributed by atoms with Crippen molar-refractivity contribution in [3.8, 4) is 5.75 Å². The first-order valence-electron chi connectivity index (χ1n) is 11.2. The molecule has 1 fully saturated rings. The highest BCUT2D eigenvalue weighted by molar-refractivity contribution is 6.46. The zero-order valence-corrected chi connectivity index (χ0v) is 19.5. The highest BCUT2D eigenvalue weighted by Gasteiger charge is 2.46. The van der Waals surface area contributed by atoms with Crippen molar-refractivity contribution in [2.75, 3.05) is 25.6 Å². The number of amides is 1. The molecule has 1 aliphatic heterocycles. The number of carbonyl (C=O) groups is 2. The van der Waals surface area contributed by atoms with Gasteiger partial charge in [0.25, 0.3) is 11.7 Å². The standard InChI is InChI=1S/C27H28N2O5/c1-4-14-33-21-8-5-7-19(16-21)25(30)23-24(18-10-12-20(13-11-18)28(2)3)29(27(32)26(23)31)17-22-9-6-15-34-22/h5-13,15-16,24,30H,4,14,17H2,1-3H3/b25-23-. The van der Waals surface area contributed by atoms with Crippen LogP contribution in [-0.2, 0) is 16.1 Å². The van der Waals surface area contributed by atoms with Crippen LogP contribution in [-0.4, -0.2) is 42.4 Å². The van der Waals surface area contributed by atoms with Crippen LogP contribution in [0.4, 0.5) is 5.69 Å². The molecule has 1 amide bonds. The molecule has 7 nitrogen and oxygen atoms in total. The van der Waals surface area contributed by atoms with Gasteiger partial charge in [0.1, 0.15) is 17.3 Å². The molecular weight excluding hydrogens is 432 g/mol. The van der Waals surface area contributed by atoms with Crippen LogP contribution in [0.1, 0.15) is 36.3 Å². The number of aliphatic hydroxyl groups is 1. The number of benzene rings is 2. The lowest BCUT2D eigenvalue weighted by atomic mass is 9.95. The average Bonchev–Trinajstić information content (AvgIpc) is 3.45. The number of carbonyl (C=O) groups excluding carboxylic acids is 2. The van der Waals surface area contributed by atoms with Crippen LogP contribution in [0.5, 0.6) is 5.75 Å². The number of nitrogens with zero attached hydrogens (tertiary/aromatic N) is 2. The Morgan fingerprint density at radius 3 is 2.50 bits per heavy atom. The molecule has 1 N–H and O–H groups in total. The van der Waals surface area contributed by atoms with Gasteiger partial charge in [0, 0.05) is 25.3 Å². The van der Waals surface area contributed by atoms with Crippen molar-refractivity contribution in [3.63, 3.8) is 0 Å². The molecule has 34 heavy (non-hydrogen) atoms. The summed E-state index contributed by atoms with van der Waals surface area (Å²) < 4.78 is 11.1. The van der Waals surface area contributed by atoms with Gasteiger partial charge in [0.05, 0.1) is 31.0 Å². The first kappa shape index (κ1) is 23.2. The zero-order valence-electron chi connectivity index (χ0n) is 19.5. The van der Waals surface area contributed by atoms with Crippen molar-refractivity contribution in [1.29, 1.82) is 0 Å². The first-order valence-corrected chi connectivity index (χ1v) is 11.2. The van der Waals surface area contributed by atoms with Crippen molar-refractivity contribution in [3.05, 3.63) is 89.4 Å². The Morgan fingerprint density at radius 1 is 1.09 bits per heavy atom. The zero-order chi connectivity index (χ0) is 24.2. The SMILES string of the molecule is CCCOc1cccc(/C(O)=C2/C(=O)C(=O)N(Cc3ccco3)C2c2ccc(N(C)C)cc2)c1. The van der Waals surface area contributed by atoms with Crippen LogP contribution in [0.25, 0.3) is 5.76 Å². The third kappa shape index (κ3) is 4.55. The van der Waals surface area contributed by atoms with E-state index in [2.05, 4.69) is 0 Å². The van der Waals surface area contributed by atoms with E-state index in [1.54, 1.807) is 36.4 Å². The molecule has 0 spiro atoms. The fraction of sp³-hybridized carbons (Fsp3) is 0.259. The van der Waals surface area contributed by atoms with E-state index in [1.165, 1.54) is 11.2 Å². The fourth-order valence-electron chi connectivity index (χ4n) is 4.02. The molecule has 0 aliphatic carbocycles. The van der Waals surface area contributed by atoms with Crippen molar-refractivity contribution in [2.45, 2.75) is 25.9 Å². The molecule has 3 aromatic rings. The van der Waals surface area contributed by atoms with Crippen LogP contribution in [0.15, 0.2) is 76.9 Å². The Morgan fingerprint density at radius 2 is 1.85 bits per heavy atom. The van der Waals surface area contributed by atoms with Gasteiger partial charge in [0.15, 0.2) is 0 Å². The maximum atomic E-state index is 13.2. The van der Waals surface area contributed by atoms with E-state index in [0.717, 1.165) is 17.7 Å². The molecule has 2 heterocycles. The maximum Gasteiger partial charge on any atom is 0.296 e. The monoisotopic (exact) mass is 460 g/mol. The second-order valence-corrected chi connectivity index (χ2v) is 8.37. The number of anilines is 1. The second kappa shape index (κ2) is 9.87. The number of rotatable bonds is 8. The summed E-state index contributed by atoms with van der Waals surface area (Å²) in [5.74, 6) is -0.512. The molecule has 0 saturated carbocycles. The summed E-state index contributed by atoms with van der Waals surface area (Å²) in [7, 11) is 3.87. The number of ether oxygens (including phenoxy) is 1. The molecule has 1 unspecified atom stereocenters. The lowest BCUT2D eigenvalue weighted by molar-refractivity contribution is -0.140. The van der Waals surface area contributed by atoms with Crippen LogP contribution in [0.2, 0.25) is 0 Å². The number of aliphatic hydroxyl groups excluding tert-OH is 1. The van der Waals surface area contributed by atoms with Gasteiger partial charge in [-0.05, 0) is 48.4 Å². The van der Waals surface area contributed by atoms with Gasteiger partial charge in [-0.25, -0.2) is 0 Å². The van der Waals surface area contributed by atoms with E-state index >= 15 is 0 Å². The molecule has 1 aliphatic rings. The molecule has 1 aromatic heterocycles. The Labute approximate surface area is 198 Å². The van der Waals surface area contributed by atoms with E-state index < -0.39 is 17.7 Å². The summed E-state index contributed by atoms with van der Waals surface area (Å²) >= 11 is 0. The van der Waals surface area contributed by atoms with Gasteiger partial charge in [-0.15, -0.1) is 0 Å². The second-order valence-electron chi connectivity index (χ2n) is 8.37. The minimum atomic E-state index is -0.762. The van der Waals surface area contributed by atoms with Gasteiger partial charge in [-0.2, -0.15) is 0 Å². The molecule has 1 saturated heterocycles. The van der Waals surface area contributed by atoms with Crippen molar-refractivity contribution >= 4 is 23.1 Å². The quantitative estimate of drug-likeness (QED) is 0.297. The van der Waals surface area contributed by atoms with E-state index in [9.17, 15) is 14.7 Å². The molecule has 7 heteroatoms. The Bertz CT molecular complexity index is 1200. The van der Waals surface area contributed by atoms with Crippen molar-refractivity contribution in [2.24, 2.45) is 0 Å². The molecule has 176 valence electrons. The number of likely N-dealkylation sites (tertiary alicyclic amines) is 1. The number of hydrogen-bond acceptors (Lipinski definition) is 6. The number of furan rings is 1.